The van der Waals surface area contributed by atoms with E-state index in [1.54, 1.807) is 42.0 Å². The fourth-order valence-corrected chi connectivity index (χ4v) is 3.94. The number of hydrogen-bond acceptors (Lipinski definition) is 6. The Kier molecular flexibility index (Phi) is 6.89. The van der Waals surface area contributed by atoms with Crippen molar-refractivity contribution in [3.8, 4) is 28.6 Å². The first-order valence-electron chi connectivity index (χ1n) is 10.0. The second-order valence-corrected chi connectivity index (χ2v) is 7.83. The smallest absolute Gasteiger partial charge is 0.234 e. The van der Waals surface area contributed by atoms with E-state index in [4.69, 9.17) is 9.47 Å². The van der Waals surface area contributed by atoms with E-state index in [2.05, 4.69) is 15.5 Å². The molecule has 4 rings (SSSR count). The number of amides is 1. The van der Waals surface area contributed by atoms with Crippen molar-refractivity contribution in [2.24, 2.45) is 0 Å². The van der Waals surface area contributed by atoms with Gasteiger partial charge in [-0.25, -0.2) is 4.39 Å². The summed E-state index contributed by atoms with van der Waals surface area (Å²) in [6.45, 7) is 0. The van der Waals surface area contributed by atoms with Crippen LogP contribution in [0.2, 0.25) is 0 Å². The number of nitrogens with one attached hydrogen (secondary N) is 1. The molecule has 1 N–H and O–H groups in total. The number of ether oxygens (including phenoxy) is 2. The number of aromatic nitrogens is 3. The van der Waals surface area contributed by atoms with E-state index in [1.807, 2.05) is 30.3 Å². The third kappa shape index (κ3) is 5.15. The zero-order valence-electron chi connectivity index (χ0n) is 18.0. The summed E-state index contributed by atoms with van der Waals surface area (Å²) in [4.78, 5) is 12.7. The first kappa shape index (κ1) is 22.3. The zero-order valence-corrected chi connectivity index (χ0v) is 18.8. The lowest BCUT2D eigenvalue weighted by atomic mass is 10.2. The topological polar surface area (TPSA) is 78.3 Å². The van der Waals surface area contributed by atoms with Crippen molar-refractivity contribution in [2.75, 3.05) is 25.3 Å². The summed E-state index contributed by atoms with van der Waals surface area (Å²) < 4.78 is 25.9. The Labute approximate surface area is 194 Å². The first-order valence-corrected chi connectivity index (χ1v) is 11.0. The van der Waals surface area contributed by atoms with Gasteiger partial charge < -0.3 is 14.8 Å². The molecular formula is C24H21FN4O3S. The fraction of sp³-hybridized carbons (Fsp3) is 0.125. The molecule has 0 radical (unpaired) electrons. The molecule has 0 saturated heterocycles. The lowest BCUT2D eigenvalue weighted by Crippen LogP contribution is -2.15. The normalized spacial score (nSPS) is 10.6. The van der Waals surface area contributed by atoms with E-state index in [0.29, 0.717) is 33.9 Å². The van der Waals surface area contributed by atoms with Gasteiger partial charge in [0.15, 0.2) is 11.0 Å². The van der Waals surface area contributed by atoms with Crippen molar-refractivity contribution in [3.63, 3.8) is 0 Å². The Morgan fingerprint density at radius 3 is 2.45 bits per heavy atom. The average molecular weight is 465 g/mol. The Hall–Kier alpha value is -3.85. The highest BCUT2D eigenvalue weighted by atomic mass is 32.2. The van der Waals surface area contributed by atoms with Crippen LogP contribution in [0.15, 0.2) is 78.0 Å². The van der Waals surface area contributed by atoms with E-state index < -0.39 is 0 Å². The molecule has 1 amide bonds. The number of anilines is 1. The number of methoxy groups -OCH3 is 2. The van der Waals surface area contributed by atoms with Gasteiger partial charge in [0.05, 0.1) is 25.7 Å². The maximum absolute atomic E-state index is 13.5. The molecule has 3 aromatic carbocycles. The third-order valence-corrected chi connectivity index (χ3v) is 5.69. The molecule has 1 aromatic heterocycles. The van der Waals surface area contributed by atoms with Crippen LogP contribution in [0.5, 0.6) is 11.5 Å². The van der Waals surface area contributed by atoms with Gasteiger partial charge in [-0.15, -0.1) is 10.2 Å². The number of benzene rings is 3. The summed E-state index contributed by atoms with van der Waals surface area (Å²) in [6.07, 6.45) is 0. The maximum Gasteiger partial charge on any atom is 0.234 e. The lowest BCUT2D eigenvalue weighted by Gasteiger charge is -2.12. The quantitative estimate of drug-likeness (QED) is 0.377. The molecule has 0 aliphatic heterocycles. The van der Waals surface area contributed by atoms with Gasteiger partial charge in [0.25, 0.3) is 0 Å². The van der Waals surface area contributed by atoms with Crippen molar-refractivity contribution >= 4 is 23.4 Å². The van der Waals surface area contributed by atoms with Crippen LogP contribution in [0.3, 0.4) is 0 Å². The highest BCUT2D eigenvalue weighted by Crippen LogP contribution is 2.30. The third-order valence-electron chi connectivity index (χ3n) is 4.76. The minimum absolute atomic E-state index is 0.0779. The molecule has 0 unspecified atom stereocenters. The minimum Gasteiger partial charge on any atom is -0.497 e. The molecule has 0 aliphatic carbocycles. The number of carbonyl (C=O) groups excluding carboxylic acids is 1. The van der Waals surface area contributed by atoms with Crippen molar-refractivity contribution in [2.45, 2.75) is 5.16 Å². The molecular weight excluding hydrogens is 443 g/mol. The molecule has 4 aromatic rings. The Balaban J connectivity index is 1.58. The molecule has 0 fully saturated rings. The number of carbonyl (C=O) groups is 1. The van der Waals surface area contributed by atoms with Gasteiger partial charge in [-0.3, -0.25) is 9.36 Å². The van der Waals surface area contributed by atoms with Crippen LogP contribution >= 0.6 is 11.8 Å². The standard InChI is InChI=1S/C24H21FN4O3S/c1-31-19-12-13-21(32-2)20(14-19)26-22(30)15-33-24-28-27-23(16-6-4-3-5-7-16)29(24)18-10-8-17(25)9-11-18/h3-14H,15H2,1-2H3,(H,26,30). The van der Waals surface area contributed by atoms with Crippen LogP contribution < -0.4 is 14.8 Å². The molecule has 0 spiro atoms. The van der Waals surface area contributed by atoms with Crippen molar-refractivity contribution in [1.82, 2.24) is 14.8 Å². The van der Waals surface area contributed by atoms with Crippen LogP contribution in [0.4, 0.5) is 10.1 Å². The lowest BCUT2D eigenvalue weighted by molar-refractivity contribution is -0.113. The van der Waals surface area contributed by atoms with Crippen LogP contribution in [0.25, 0.3) is 17.1 Å². The van der Waals surface area contributed by atoms with Crippen LogP contribution in [-0.2, 0) is 4.79 Å². The van der Waals surface area contributed by atoms with E-state index in [-0.39, 0.29) is 17.5 Å². The van der Waals surface area contributed by atoms with Crippen LogP contribution in [-0.4, -0.2) is 40.6 Å². The number of rotatable bonds is 8. The highest BCUT2D eigenvalue weighted by molar-refractivity contribution is 7.99. The van der Waals surface area contributed by atoms with Crippen LogP contribution in [0, 0.1) is 5.82 Å². The summed E-state index contributed by atoms with van der Waals surface area (Å²) >= 11 is 1.22. The average Bonchev–Trinajstić information content (AvgIpc) is 3.27. The molecule has 0 bridgehead atoms. The maximum atomic E-state index is 13.5. The molecule has 7 nitrogen and oxygen atoms in total. The predicted octanol–water partition coefficient (Wildman–Crippen LogP) is 4.82. The molecule has 9 heteroatoms. The van der Waals surface area contributed by atoms with Gasteiger partial charge >= 0.3 is 0 Å². The van der Waals surface area contributed by atoms with Gasteiger partial charge in [-0.05, 0) is 36.4 Å². The number of nitrogens with zero attached hydrogens (tertiary/aromatic N) is 3. The number of thioether (sulfide) groups is 1. The second-order valence-electron chi connectivity index (χ2n) is 6.89. The number of hydrogen-bond donors (Lipinski definition) is 1. The molecule has 0 aliphatic rings. The SMILES string of the molecule is COc1ccc(OC)c(NC(=O)CSc2nnc(-c3ccccc3)n2-c2ccc(F)cc2)c1. The van der Waals surface area contributed by atoms with Gasteiger partial charge in [-0.1, -0.05) is 42.1 Å². The van der Waals surface area contributed by atoms with Crippen molar-refractivity contribution < 1.29 is 18.7 Å². The van der Waals surface area contributed by atoms with Gasteiger partial charge in [-0.2, -0.15) is 0 Å². The molecule has 33 heavy (non-hydrogen) atoms. The monoisotopic (exact) mass is 464 g/mol. The first-order chi connectivity index (χ1) is 16.1. The minimum atomic E-state index is -0.339. The zero-order chi connectivity index (χ0) is 23.2. The van der Waals surface area contributed by atoms with Gasteiger partial charge in [0.2, 0.25) is 5.91 Å². The summed E-state index contributed by atoms with van der Waals surface area (Å²) in [7, 11) is 3.08. The second kappa shape index (κ2) is 10.2. The van der Waals surface area contributed by atoms with Gasteiger partial charge in [0.1, 0.15) is 17.3 Å². The predicted molar refractivity (Wildman–Crippen MR) is 126 cm³/mol. The summed E-state index contributed by atoms with van der Waals surface area (Å²) in [5.74, 6) is 1.21. The Morgan fingerprint density at radius 2 is 1.76 bits per heavy atom. The fourth-order valence-electron chi connectivity index (χ4n) is 3.19. The summed E-state index contributed by atoms with van der Waals surface area (Å²) in [6, 6.07) is 20.8. The van der Waals surface area contributed by atoms with E-state index in [9.17, 15) is 9.18 Å². The summed E-state index contributed by atoms with van der Waals surface area (Å²) in [5, 5.41) is 12.0. The van der Waals surface area contributed by atoms with Crippen molar-refractivity contribution in [1.29, 1.82) is 0 Å². The molecule has 0 saturated carbocycles. The van der Waals surface area contributed by atoms with Crippen molar-refractivity contribution in [3.05, 3.63) is 78.6 Å². The van der Waals surface area contributed by atoms with E-state index in [0.717, 1.165) is 5.56 Å². The highest BCUT2D eigenvalue weighted by Gasteiger charge is 2.18. The summed E-state index contributed by atoms with van der Waals surface area (Å²) in [5.41, 5.74) is 2.05. The molecule has 1 heterocycles. The van der Waals surface area contributed by atoms with Crippen LogP contribution in [0.1, 0.15) is 0 Å². The Morgan fingerprint density at radius 1 is 1.00 bits per heavy atom. The van der Waals surface area contributed by atoms with Gasteiger partial charge in [0, 0.05) is 17.3 Å². The van der Waals surface area contributed by atoms with E-state index >= 15 is 0 Å². The Bertz CT molecular complexity index is 1250. The molecule has 0 atom stereocenters. The van der Waals surface area contributed by atoms with E-state index in [1.165, 1.54) is 31.0 Å². The number of halogens is 1. The molecule has 168 valence electrons. The largest absolute Gasteiger partial charge is 0.497 e.